The minimum atomic E-state index is -3.39. The van der Waals surface area contributed by atoms with Gasteiger partial charge < -0.3 is 10.1 Å². The summed E-state index contributed by atoms with van der Waals surface area (Å²) in [5, 5.41) is 10.2. The lowest BCUT2D eigenvalue weighted by Crippen LogP contribution is -2.17. The van der Waals surface area contributed by atoms with Gasteiger partial charge in [0.05, 0.1) is 0 Å². The van der Waals surface area contributed by atoms with Crippen LogP contribution in [0.15, 0.2) is 11.0 Å². The average molecular weight is 208 g/mol. The van der Waals surface area contributed by atoms with Crippen LogP contribution in [-0.2, 0) is 0 Å². The Morgan fingerprint density at radius 2 is 2.07 bits per heavy atom. The maximum Gasteiger partial charge on any atom is 0.333 e. The maximum atomic E-state index is 12.5. The number of nitro groups is 1. The lowest BCUT2D eigenvalue weighted by Gasteiger charge is -2.01. The minimum absolute atomic E-state index is 0.367. The second-order valence-corrected chi connectivity index (χ2v) is 2.29. The normalized spacial score (nSPS) is 10.6. The van der Waals surface area contributed by atoms with Gasteiger partial charge in [-0.3, -0.25) is 4.79 Å². The third-order valence-corrected chi connectivity index (χ3v) is 1.45. The second-order valence-electron chi connectivity index (χ2n) is 2.29. The van der Waals surface area contributed by atoms with E-state index in [1.165, 1.54) is 0 Å². The number of alkyl halides is 2. The first-order chi connectivity index (χ1) is 6.45. The monoisotopic (exact) mass is 208 g/mol. The number of pyridine rings is 1. The lowest BCUT2D eigenvalue weighted by molar-refractivity contribution is -0.391. The Balaban J connectivity index is 3.54. The Morgan fingerprint density at radius 1 is 1.50 bits per heavy atom. The molecule has 14 heavy (non-hydrogen) atoms. The third kappa shape index (κ3) is 1.58. The van der Waals surface area contributed by atoms with Crippen molar-refractivity contribution in [1.82, 2.24) is 4.98 Å². The molecule has 5 nitrogen and oxygen atoms in total. The summed E-state index contributed by atoms with van der Waals surface area (Å²) < 4.78 is 36.8. The number of H-pyrrole nitrogens is 1. The summed E-state index contributed by atoms with van der Waals surface area (Å²) >= 11 is 0. The molecule has 0 aromatic carbocycles. The SMILES string of the molecule is O=c1c(F)c[nH]c([N+](=O)[O-])c1C(F)F. The van der Waals surface area contributed by atoms with Crippen LogP contribution in [0.3, 0.4) is 0 Å². The Kier molecular flexibility index (Phi) is 2.54. The van der Waals surface area contributed by atoms with E-state index in [4.69, 9.17) is 0 Å². The van der Waals surface area contributed by atoms with Gasteiger partial charge in [-0.1, -0.05) is 0 Å². The number of halogens is 3. The van der Waals surface area contributed by atoms with Crippen molar-refractivity contribution in [2.45, 2.75) is 6.43 Å². The van der Waals surface area contributed by atoms with Crippen LogP contribution in [0.4, 0.5) is 19.0 Å². The van der Waals surface area contributed by atoms with Crippen molar-refractivity contribution in [3.8, 4) is 0 Å². The molecule has 0 atom stereocenters. The van der Waals surface area contributed by atoms with Gasteiger partial charge in [-0.15, -0.1) is 0 Å². The largest absolute Gasteiger partial charge is 0.358 e. The number of aromatic amines is 1. The van der Waals surface area contributed by atoms with Crippen LogP contribution in [-0.4, -0.2) is 9.91 Å². The number of rotatable bonds is 2. The van der Waals surface area contributed by atoms with Gasteiger partial charge in [-0.05, 0) is 4.92 Å². The topological polar surface area (TPSA) is 76.0 Å². The van der Waals surface area contributed by atoms with E-state index in [2.05, 4.69) is 0 Å². The molecule has 0 saturated carbocycles. The molecule has 1 heterocycles. The van der Waals surface area contributed by atoms with Gasteiger partial charge in [0.2, 0.25) is 11.2 Å². The van der Waals surface area contributed by atoms with Crippen molar-refractivity contribution < 1.29 is 18.1 Å². The molecule has 0 saturated heterocycles. The predicted octanol–water partition coefficient (Wildman–Crippen LogP) is 1.36. The number of aromatic nitrogens is 1. The fraction of sp³-hybridized carbons (Fsp3) is 0.167. The number of hydrogen-bond donors (Lipinski definition) is 1. The molecule has 0 fully saturated rings. The summed E-state index contributed by atoms with van der Waals surface area (Å²) in [6.45, 7) is 0. The van der Waals surface area contributed by atoms with E-state index < -0.39 is 34.0 Å². The van der Waals surface area contributed by atoms with Gasteiger partial charge in [-0.2, -0.15) is 4.39 Å². The molecule has 1 rings (SSSR count). The summed E-state index contributed by atoms with van der Waals surface area (Å²) in [7, 11) is 0. The van der Waals surface area contributed by atoms with E-state index in [1.807, 2.05) is 0 Å². The molecule has 8 heteroatoms. The van der Waals surface area contributed by atoms with Crippen LogP contribution in [0.1, 0.15) is 12.0 Å². The Morgan fingerprint density at radius 3 is 2.50 bits per heavy atom. The lowest BCUT2D eigenvalue weighted by atomic mass is 10.2. The number of hydrogen-bond acceptors (Lipinski definition) is 3. The summed E-state index contributed by atoms with van der Waals surface area (Å²) in [4.78, 5) is 21.4. The molecule has 0 aliphatic heterocycles. The van der Waals surface area contributed by atoms with E-state index in [1.54, 1.807) is 4.98 Å². The van der Waals surface area contributed by atoms with Gasteiger partial charge in [0.1, 0.15) is 6.20 Å². The molecule has 1 aromatic heterocycles. The minimum Gasteiger partial charge on any atom is -0.358 e. The highest BCUT2D eigenvalue weighted by Gasteiger charge is 2.26. The van der Waals surface area contributed by atoms with Crippen LogP contribution < -0.4 is 5.43 Å². The maximum absolute atomic E-state index is 12.5. The molecule has 0 spiro atoms. The van der Waals surface area contributed by atoms with Gasteiger partial charge in [-0.25, -0.2) is 13.8 Å². The van der Waals surface area contributed by atoms with E-state index in [9.17, 15) is 28.1 Å². The molecule has 0 radical (unpaired) electrons. The Labute approximate surface area is 74.3 Å². The fourth-order valence-electron chi connectivity index (χ4n) is 0.865. The van der Waals surface area contributed by atoms with E-state index in [0.29, 0.717) is 6.20 Å². The Bertz CT molecular complexity index is 429. The fourth-order valence-corrected chi connectivity index (χ4v) is 0.865. The van der Waals surface area contributed by atoms with Crippen LogP contribution >= 0.6 is 0 Å². The zero-order chi connectivity index (χ0) is 10.9. The highest BCUT2D eigenvalue weighted by molar-refractivity contribution is 5.33. The van der Waals surface area contributed by atoms with Gasteiger partial charge in [0, 0.05) is 0 Å². The number of nitrogens with one attached hydrogen (secondary N) is 1. The van der Waals surface area contributed by atoms with E-state index in [0.717, 1.165) is 0 Å². The smallest absolute Gasteiger partial charge is 0.333 e. The zero-order valence-electron chi connectivity index (χ0n) is 6.46. The van der Waals surface area contributed by atoms with Crippen molar-refractivity contribution in [1.29, 1.82) is 0 Å². The van der Waals surface area contributed by atoms with Crippen LogP contribution in [0.5, 0.6) is 0 Å². The van der Waals surface area contributed by atoms with E-state index >= 15 is 0 Å². The first kappa shape index (κ1) is 10.2. The molecular formula is C6H3F3N2O3. The molecule has 0 bridgehead atoms. The van der Waals surface area contributed by atoms with Crippen molar-refractivity contribution in [3.05, 3.63) is 37.9 Å². The highest BCUT2D eigenvalue weighted by Crippen LogP contribution is 2.23. The van der Waals surface area contributed by atoms with Crippen LogP contribution in [0.25, 0.3) is 0 Å². The molecule has 76 valence electrons. The van der Waals surface area contributed by atoms with Gasteiger partial charge in [0.25, 0.3) is 6.43 Å². The van der Waals surface area contributed by atoms with E-state index in [-0.39, 0.29) is 0 Å². The molecule has 1 aromatic rings. The molecular weight excluding hydrogens is 205 g/mol. The van der Waals surface area contributed by atoms with Crippen molar-refractivity contribution in [2.24, 2.45) is 0 Å². The second kappa shape index (κ2) is 3.48. The zero-order valence-corrected chi connectivity index (χ0v) is 6.46. The molecule has 0 aliphatic rings. The molecule has 0 unspecified atom stereocenters. The predicted molar refractivity (Wildman–Crippen MR) is 38.6 cm³/mol. The highest BCUT2D eigenvalue weighted by atomic mass is 19.3. The van der Waals surface area contributed by atoms with Crippen LogP contribution in [0.2, 0.25) is 0 Å². The van der Waals surface area contributed by atoms with Crippen molar-refractivity contribution in [3.63, 3.8) is 0 Å². The van der Waals surface area contributed by atoms with Gasteiger partial charge >= 0.3 is 5.82 Å². The summed E-state index contributed by atoms with van der Waals surface area (Å²) in [6, 6.07) is 0. The third-order valence-electron chi connectivity index (χ3n) is 1.45. The van der Waals surface area contributed by atoms with Crippen molar-refractivity contribution >= 4 is 5.82 Å². The molecule has 1 N–H and O–H groups in total. The quantitative estimate of drug-likeness (QED) is 0.588. The summed E-state index contributed by atoms with van der Waals surface area (Å²) in [5.41, 5.74) is -3.12. The summed E-state index contributed by atoms with van der Waals surface area (Å²) in [6.07, 6.45) is -3.03. The van der Waals surface area contributed by atoms with Gasteiger partial charge in [0.15, 0.2) is 5.56 Å². The van der Waals surface area contributed by atoms with Crippen molar-refractivity contribution in [2.75, 3.05) is 0 Å². The first-order valence-corrected chi connectivity index (χ1v) is 3.28. The molecule has 0 aliphatic carbocycles. The standard InChI is InChI=1S/C6H3F3N2O3/c7-2-1-10-6(11(13)14)3(4(2)12)5(8)9/h1,5H,(H,10,12). The van der Waals surface area contributed by atoms with Crippen LogP contribution in [0, 0.1) is 15.9 Å². The first-order valence-electron chi connectivity index (χ1n) is 3.28. The molecule has 0 amide bonds. The number of nitrogens with zero attached hydrogens (tertiary/aromatic N) is 1. The Hall–Kier alpha value is -1.86. The summed E-state index contributed by atoms with van der Waals surface area (Å²) in [5.74, 6) is -2.67. The average Bonchev–Trinajstić information content (AvgIpc) is 2.08.